The fraction of sp³-hybridized carbons (Fsp3) is 0.882. The molecular formula is C17H23ClF4N2O. The first kappa shape index (κ1) is 18.9. The second-order valence-corrected chi connectivity index (χ2v) is 7.99. The lowest BCUT2D eigenvalue weighted by molar-refractivity contribution is -0.166. The van der Waals surface area contributed by atoms with Crippen molar-refractivity contribution in [2.75, 3.05) is 13.1 Å². The van der Waals surface area contributed by atoms with E-state index in [0.29, 0.717) is 37.8 Å². The minimum atomic E-state index is -4.46. The summed E-state index contributed by atoms with van der Waals surface area (Å²) < 4.78 is 53.4. The number of hydrogen-bond acceptors (Lipinski definition) is 2. The second-order valence-electron chi connectivity index (χ2n) is 7.37. The lowest BCUT2D eigenvalue weighted by Crippen LogP contribution is -2.53. The highest BCUT2D eigenvalue weighted by molar-refractivity contribution is 6.20. The molecule has 2 saturated carbocycles. The van der Waals surface area contributed by atoms with Crippen molar-refractivity contribution in [3.05, 3.63) is 0 Å². The Morgan fingerprint density at radius 1 is 1.12 bits per heavy atom. The van der Waals surface area contributed by atoms with Crippen LogP contribution in [0.25, 0.3) is 0 Å². The van der Waals surface area contributed by atoms with Gasteiger partial charge in [-0.25, -0.2) is 4.39 Å². The van der Waals surface area contributed by atoms with Gasteiger partial charge in [0.05, 0.1) is 0 Å². The van der Waals surface area contributed by atoms with E-state index in [2.05, 4.69) is 4.99 Å². The van der Waals surface area contributed by atoms with E-state index in [1.54, 1.807) is 0 Å². The van der Waals surface area contributed by atoms with Crippen molar-refractivity contribution in [3.8, 4) is 0 Å². The summed E-state index contributed by atoms with van der Waals surface area (Å²) in [5, 5.41) is -0.172. The number of hydrogen-bond donors (Lipinski definition) is 0. The average Bonchev–Trinajstić information content (AvgIpc) is 2.65. The zero-order valence-corrected chi connectivity index (χ0v) is 14.7. The van der Waals surface area contributed by atoms with E-state index in [-0.39, 0.29) is 23.8 Å². The maximum absolute atomic E-state index is 14.5. The summed E-state index contributed by atoms with van der Waals surface area (Å²) in [5.41, 5.74) is 0.598. The number of halogens is 5. The zero-order valence-electron chi connectivity index (χ0n) is 13.9. The number of alkyl halides is 5. The maximum atomic E-state index is 14.5. The van der Waals surface area contributed by atoms with Crippen LogP contribution in [0.5, 0.6) is 0 Å². The standard InChI is InChI=1S/C17H23ClF4N2O/c18-10-5-6-14-12(7-10)16(11-3-1-2-4-13(11)19)23-8-15(25)24(14)9-17(20,21)22/h10-14H,1-9H2. The quantitative estimate of drug-likeness (QED) is 0.522. The number of aliphatic imine (C=N–C) groups is 1. The highest BCUT2D eigenvalue weighted by Gasteiger charge is 2.46. The third-order valence-corrected chi connectivity index (χ3v) is 6.05. The van der Waals surface area contributed by atoms with E-state index in [4.69, 9.17) is 11.6 Å². The molecule has 0 aromatic heterocycles. The van der Waals surface area contributed by atoms with E-state index in [1.807, 2.05) is 0 Å². The number of nitrogens with zero attached hydrogens (tertiary/aromatic N) is 2. The Balaban J connectivity index is 1.91. The van der Waals surface area contributed by atoms with E-state index in [1.165, 1.54) is 0 Å². The van der Waals surface area contributed by atoms with Crippen LogP contribution >= 0.6 is 11.6 Å². The summed E-state index contributed by atoms with van der Waals surface area (Å²) in [5.74, 6) is -1.38. The van der Waals surface area contributed by atoms with Gasteiger partial charge in [0, 0.05) is 29.0 Å². The topological polar surface area (TPSA) is 32.7 Å². The van der Waals surface area contributed by atoms with Crippen LogP contribution in [0.3, 0.4) is 0 Å². The van der Waals surface area contributed by atoms with Crippen molar-refractivity contribution < 1.29 is 22.4 Å². The molecule has 0 spiro atoms. The molecule has 1 heterocycles. The molecule has 0 aromatic rings. The van der Waals surface area contributed by atoms with Gasteiger partial charge in [-0.1, -0.05) is 12.8 Å². The van der Waals surface area contributed by atoms with Crippen molar-refractivity contribution in [1.29, 1.82) is 0 Å². The fourth-order valence-electron chi connectivity index (χ4n) is 4.56. The SMILES string of the molecule is O=C1CN=C(C2CCCCC2F)C2CC(Cl)CCC2N1CC(F)(F)F. The number of fused-ring (bicyclic) bond motifs is 1. The molecule has 5 atom stereocenters. The molecule has 1 aliphatic heterocycles. The lowest BCUT2D eigenvalue weighted by atomic mass is 9.72. The van der Waals surface area contributed by atoms with Crippen molar-refractivity contribution >= 4 is 23.2 Å². The van der Waals surface area contributed by atoms with Crippen molar-refractivity contribution in [3.63, 3.8) is 0 Å². The largest absolute Gasteiger partial charge is 0.406 e. The van der Waals surface area contributed by atoms with Crippen molar-refractivity contribution in [2.24, 2.45) is 16.8 Å². The smallest absolute Gasteiger partial charge is 0.328 e. The van der Waals surface area contributed by atoms with Crippen LogP contribution in [0.1, 0.15) is 44.9 Å². The van der Waals surface area contributed by atoms with E-state index < -0.39 is 30.8 Å². The number of amides is 1. The van der Waals surface area contributed by atoms with Gasteiger partial charge < -0.3 is 4.90 Å². The predicted octanol–water partition coefficient (Wildman–Crippen LogP) is 4.14. The van der Waals surface area contributed by atoms with Crippen LogP contribution in [0, 0.1) is 11.8 Å². The van der Waals surface area contributed by atoms with E-state index >= 15 is 0 Å². The van der Waals surface area contributed by atoms with Gasteiger partial charge in [-0.3, -0.25) is 9.79 Å². The number of carbonyl (C=O) groups is 1. The molecule has 0 saturated heterocycles. The molecule has 3 rings (SSSR count). The zero-order chi connectivity index (χ0) is 18.2. The first-order chi connectivity index (χ1) is 11.8. The summed E-state index contributed by atoms with van der Waals surface area (Å²) in [7, 11) is 0. The Kier molecular flexibility index (Phi) is 5.61. The molecule has 0 radical (unpaired) electrons. The third-order valence-electron chi connectivity index (χ3n) is 5.66. The Morgan fingerprint density at radius 3 is 2.52 bits per heavy atom. The van der Waals surface area contributed by atoms with Gasteiger partial charge in [0.25, 0.3) is 0 Å². The Morgan fingerprint density at radius 2 is 1.84 bits per heavy atom. The Labute approximate surface area is 149 Å². The number of rotatable bonds is 2. The summed E-state index contributed by atoms with van der Waals surface area (Å²) in [6.07, 6.45) is -1.29. The molecule has 3 aliphatic rings. The van der Waals surface area contributed by atoms with Gasteiger partial charge >= 0.3 is 6.18 Å². The Hall–Kier alpha value is -0.850. The third kappa shape index (κ3) is 4.29. The summed E-state index contributed by atoms with van der Waals surface area (Å²) in [4.78, 5) is 17.6. The highest BCUT2D eigenvalue weighted by atomic mass is 35.5. The molecule has 25 heavy (non-hydrogen) atoms. The van der Waals surface area contributed by atoms with Crippen LogP contribution in [0.2, 0.25) is 0 Å². The molecule has 8 heteroatoms. The van der Waals surface area contributed by atoms with E-state index in [0.717, 1.165) is 17.7 Å². The van der Waals surface area contributed by atoms with Crippen LogP contribution in [0.4, 0.5) is 17.6 Å². The lowest BCUT2D eigenvalue weighted by Gasteiger charge is -2.42. The second kappa shape index (κ2) is 7.41. The molecule has 0 N–H and O–H groups in total. The molecule has 0 bridgehead atoms. The molecule has 5 unspecified atom stereocenters. The molecule has 1 amide bonds. The maximum Gasteiger partial charge on any atom is 0.406 e. The first-order valence-corrected chi connectivity index (χ1v) is 9.38. The molecule has 0 aromatic carbocycles. The van der Waals surface area contributed by atoms with Crippen LogP contribution < -0.4 is 0 Å². The minimum Gasteiger partial charge on any atom is -0.328 e. The van der Waals surface area contributed by atoms with Crippen molar-refractivity contribution in [1.82, 2.24) is 4.90 Å². The monoisotopic (exact) mass is 382 g/mol. The minimum absolute atomic E-state index is 0.172. The van der Waals surface area contributed by atoms with Gasteiger partial charge in [-0.2, -0.15) is 13.2 Å². The first-order valence-electron chi connectivity index (χ1n) is 8.95. The predicted molar refractivity (Wildman–Crippen MR) is 87.7 cm³/mol. The number of carbonyl (C=O) groups excluding carboxylic acids is 1. The highest BCUT2D eigenvalue weighted by Crippen LogP contribution is 2.40. The molecule has 3 nitrogen and oxygen atoms in total. The summed E-state index contributed by atoms with van der Waals surface area (Å²) in [6, 6.07) is -0.584. The van der Waals surface area contributed by atoms with Crippen molar-refractivity contribution in [2.45, 2.75) is 68.7 Å². The van der Waals surface area contributed by atoms with Gasteiger partial charge in [-0.15, -0.1) is 11.6 Å². The van der Waals surface area contributed by atoms with Gasteiger partial charge in [0.15, 0.2) is 0 Å². The average molecular weight is 383 g/mol. The fourth-order valence-corrected chi connectivity index (χ4v) is 4.87. The van der Waals surface area contributed by atoms with Gasteiger partial charge in [0.1, 0.15) is 19.3 Å². The van der Waals surface area contributed by atoms with Gasteiger partial charge in [0.2, 0.25) is 5.91 Å². The van der Waals surface area contributed by atoms with Gasteiger partial charge in [-0.05, 0) is 32.1 Å². The molecule has 2 aliphatic carbocycles. The van der Waals surface area contributed by atoms with Crippen LogP contribution in [-0.2, 0) is 4.79 Å². The Bertz CT molecular complexity index is 539. The van der Waals surface area contributed by atoms with Crippen LogP contribution in [0.15, 0.2) is 4.99 Å². The molecular weight excluding hydrogens is 360 g/mol. The molecule has 2 fully saturated rings. The summed E-state index contributed by atoms with van der Waals surface area (Å²) in [6.45, 7) is -1.60. The van der Waals surface area contributed by atoms with Crippen LogP contribution in [-0.4, -0.2) is 53.4 Å². The molecule has 142 valence electrons. The normalized spacial score (nSPS) is 37.3. The van der Waals surface area contributed by atoms with E-state index in [9.17, 15) is 22.4 Å². The summed E-state index contributed by atoms with van der Waals surface area (Å²) >= 11 is 6.27.